The van der Waals surface area contributed by atoms with Gasteiger partial charge in [0.1, 0.15) is 11.6 Å². The molecule has 2 aliphatic rings. The molecule has 4 rings (SSSR count). The summed E-state index contributed by atoms with van der Waals surface area (Å²) in [7, 11) is 0. The van der Waals surface area contributed by atoms with Gasteiger partial charge in [-0.05, 0) is 68.2 Å². The Morgan fingerprint density at radius 3 is 1.50 bits per heavy atom. The van der Waals surface area contributed by atoms with Crippen molar-refractivity contribution in [1.82, 2.24) is 9.97 Å². The molecule has 2 fully saturated rings. The molecule has 5 nitrogen and oxygen atoms in total. The first-order valence-corrected chi connectivity index (χ1v) is 13.2. The average Bonchev–Trinajstić information content (AvgIpc) is 2.78. The van der Waals surface area contributed by atoms with E-state index in [0.717, 1.165) is 55.3 Å². The van der Waals surface area contributed by atoms with E-state index in [9.17, 15) is 0 Å². The van der Waals surface area contributed by atoms with E-state index in [2.05, 4.69) is 102 Å². The zero-order valence-electron chi connectivity index (χ0n) is 22.7. The van der Waals surface area contributed by atoms with Gasteiger partial charge >= 0.3 is 0 Å². The monoisotopic (exact) mass is 466 g/mol. The van der Waals surface area contributed by atoms with Gasteiger partial charge in [0.2, 0.25) is 0 Å². The first-order chi connectivity index (χ1) is 16.1. The van der Waals surface area contributed by atoms with Crippen molar-refractivity contribution in [2.75, 3.05) is 36.0 Å². The fourth-order valence-electron chi connectivity index (χ4n) is 5.09. The van der Waals surface area contributed by atoms with Gasteiger partial charge in [0, 0.05) is 37.6 Å². The summed E-state index contributed by atoms with van der Waals surface area (Å²) in [4.78, 5) is 14.3. The highest BCUT2D eigenvalue weighted by atomic mass is 16.5. The Kier molecular flexibility index (Phi) is 9.35. The van der Waals surface area contributed by atoms with Crippen molar-refractivity contribution < 1.29 is 4.74 Å². The van der Waals surface area contributed by atoms with Crippen molar-refractivity contribution in [3.05, 3.63) is 47.8 Å². The van der Waals surface area contributed by atoms with Crippen LogP contribution in [0.25, 0.3) is 0 Å². The zero-order valence-corrected chi connectivity index (χ0v) is 22.7. The Morgan fingerprint density at radius 1 is 0.676 bits per heavy atom. The maximum atomic E-state index is 5.75. The molecule has 2 saturated heterocycles. The summed E-state index contributed by atoms with van der Waals surface area (Å²) in [6.07, 6.45) is 1.91. The molecule has 188 valence electrons. The van der Waals surface area contributed by atoms with Crippen molar-refractivity contribution in [3.8, 4) is 0 Å². The normalized spacial score (nSPS) is 25.4. The number of nitrogens with zero attached hydrogens (tertiary/aromatic N) is 4. The van der Waals surface area contributed by atoms with E-state index in [4.69, 9.17) is 14.7 Å². The molecule has 0 amide bonds. The average molecular weight is 467 g/mol. The van der Waals surface area contributed by atoms with E-state index in [1.165, 1.54) is 12.1 Å². The van der Waals surface area contributed by atoms with Crippen molar-refractivity contribution in [3.63, 3.8) is 0 Å². The van der Waals surface area contributed by atoms with E-state index >= 15 is 0 Å². The second-order valence-corrected chi connectivity index (χ2v) is 11.2. The molecule has 0 spiro atoms. The molecule has 0 N–H and O–H groups in total. The molecule has 0 bridgehead atoms. The molecule has 2 aliphatic heterocycles. The second-order valence-electron chi connectivity index (χ2n) is 11.2. The summed E-state index contributed by atoms with van der Waals surface area (Å²) in [5.74, 6) is 4.79. The SMILES string of the molecule is CC1CC(C)CN(c2cccc(C(C)C)n2)C1.CC1CN(c2cccc(C(C)C)n2)CC(C)O1. The van der Waals surface area contributed by atoms with Crippen LogP contribution in [0.1, 0.15) is 85.0 Å². The lowest BCUT2D eigenvalue weighted by atomic mass is 9.92. The molecule has 4 atom stereocenters. The molecule has 5 heteroatoms. The fraction of sp³-hybridized carbons (Fsp3) is 0.655. The van der Waals surface area contributed by atoms with E-state index in [0.29, 0.717) is 11.8 Å². The fourth-order valence-corrected chi connectivity index (χ4v) is 5.09. The molecule has 4 heterocycles. The summed E-state index contributed by atoms with van der Waals surface area (Å²) < 4.78 is 5.75. The van der Waals surface area contributed by atoms with Gasteiger partial charge in [-0.3, -0.25) is 0 Å². The molecule has 4 unspecified atom stereocenters. The van der Waals surface area contributed by atoms with Crippen LogP contribution < -0.4 is 9.80 Å². The second kappa shape index (κ2) is 12.0. The lowest BCUT2D eigenvalue weighted by Gasteiger charge is -2.36. The summed E-state index contributed by atoms with van der Waals surface area (Å²) >= 11 is 0. The summed E-state index contributed by atoms with van der Waals surface area (Å²) in [5.41, 5.74) is 2.36. The predicted molar refractivity (Wildman–Crippen MR) is 144 cm³/mol. The zero-order chi connectivity index (χ0) is 24.8. The number of hydrogen-bond donors (Lipinski definition) is 0. The Balaban J connectivity index is 0.000000191. The van der Waals surface area contributed by atoms with Crippen molar-refractivity contribution in [2.45, 2.75) is 85.9 Å². The number of pyridine rings is 2. The van der Waals surface area contributed by atoms with Crippen molar-refractivity contribution in [1.29, 1.82) is 0 Å². The van der Waals surface area contributed by atoms with Crippen LogP contribution in [0.15, 0.2) is 36.4 Å². The van der Waals surface area contributed by atoms with E-state index in [1.807, 2.05) is 0 Å². The number of ether oxygens (including phenoxy) is 1. The number of hydrogen-bond acceptors (Lipinski definition) is 5. The third-order valence-electron chi connectivity index (χ3n) is 6.63. The first kappa shape index (κ1) is 26.5. The Labute approximate surface area is 207 Å². The van der Waals surface area contributed by atoms with Crippen LogP contribution in [-0.2, 0) is 4.74 Å². The molecular weight excluding hydrogens is 420 g/mol. The number of aromatic nitrogens is 2. The third-order valence-corrected chi connectivity index (χ3v) is 6.63. The maximum absolute atomic E-state index is 5.75. The van der Waals surface area contributed by atoms with Gasteiger partial charge in [0.25, 0.3) is 0 Å². The number of morpholine rings is 1. The molecule has 2 aromatic rings. The van der Waals surface area contributed by atoms with Crippen LogP contribution in [0, 0.1) is 11.8 Å². The third kappa shape index (κ3) is 7.43. The Morgan fingerprint density at radius 2 is 1.09 bits per heavy atom. The van der Waals surface area contributed by atoms with Gasteiger partial charge in [0.05, 0.1) is 12.2 Å². The van der Waals surface area contributed by atoms with Crippen LogP contribution in [0.3, 0.4) is 0 Å². The van der Waals surface area contributed by atoms with Gasteiger partial charge in [0.15, 0.2) is 0 Å². The molecule has 0 aromatic carbocycles. The lowest BCUT2D eigenvalue weighted by Crippen LogP contribution is -2.45. The topological polar surface area (TPSA) is 41.5 Å². The van der Waals surface area contributed by atoms with Gasteiger partial charge in [-0.2, -0.15) is 0 Å². The van der Waals surface area contributed by atoms with Crippen molar-refractivity contribution >= 4 is 11.6 Å². The van der Waals surface area contributed by atoms with Crippen LogP contribution in [0.4, 0.5) is 11.6 Å². The van der Waals surface area contributed by atoms with E-state index < -0.39 is 0 Å². The van der Waals surface area contributed by atoms with Gasteiger partial charge < -0.3 is 14.5 Å². The van der Waals surface area contributed by atoms with Crippen LogP contribution in [0.5, 0.6) is 0 Å². The summed E-state index contributed by atoms with van der Waals surface area (Å²) in [6, 6.07) is 12.7. The minimum Gasteiger partial charge on any atom is -0.372 e. The van der Waals surface area contributed by atoms with Crippen LogP contribution in [0.2, 0.25) is 0 Å². The summed E-state index contributed by atoms with van der Waals surface area (Å²) in [6.45, 7) is 21.8. The minimum atomic E-state index is 0.281. The van der Waals surface area contributed by atoms with Gasteiger partial charge in [-0.25, -0.2) is 9.97 Å². The number of piperidine rings is 1. The first-order valence-electron chi connectivity index (χ1n) is 13.2. The smallest absolute Gasteiger partial charge is 0.128 e. The predicted octanol–water partition coefficient (Wildman–Crippen LogP) is 6.51. The lowest BCUT2D eigenvalue weighted by molar-refractivity contribution is -0.00547. The highest BCUT2D eigenvalue weighted by molar-refractivity contribution is 5.41. The minimum absolute atomic E-state index is 0.281. The highest BCUT2D eigenvalue weighted by Crippen LogP contribution is 2.26. The van der Waals surface area contributed by atoms with Gasteiger partial charge in [-0.15, -0.1) is 0 Å². The molecular formula is C29H46N4O. The largest absolute Gasteiger partial charge is 0.372 e. The quantitative estimate of drug-likeness (QED) is 0.514. The summed E-state index contributed by atoms with van der Waals surface area (Å²) in [5, 5.41) is 0. The molecule has 2 aromatic heterocycles. The van der Waals surface area contributed by atoms with E-state index in [1.54, 1.807) is 0 Å². The Hall–Kier alpha value is -2.14. The number of rotatable bonds is 4. The molecule has 0 saturated carbocycles. The number of anilines is 2. The van der Waals surface area contributed by atoms with Crippen LogP contribution in [-0.4, -0.2) is 48.4 Å². The van der Waals surface area contributed by atoms with Gasteiger partial charge in [-0.1, -0.05) is 53.7 Å². The standard InChI is InChI=1S/C15H24N2.C14H22N2O/c1-11(2)14-6-5-7-15(16-14)17-9-12(3)8-13(4)10-17;1-10(2)13-6-5-7-14(15-13)16-8-11(3)17-12(4)9-16/h5-7,11-13H,8-10H2,1-4H3;5-7,10-12H,8-9H2,1-4H3. The molecule has 0 aliphatic carbocycles. The maximum Gasteiger partial charge on any atom is 0.128 e. The van der Waals surface area contributed by atoms with Crippen molar-refractivity contribution in [2.24, 2.45) is 11.8 Å². The molecule has 34 heavy (non-hydrogen) atoms. The molecule has 0 radical (unpaired) electrons. The highest BCUT2D eigenvalue weighted by Gasteiger charge is 2.24. The van der Waals surface area contributed by atoms with Crippen LogP contribution >= 0.6 is 0 Å². The van der Waals surface area contributed by atoms with E-state index in [-0.39, 0.29) is 12.2 Å². The Bertz CT molecular complexity index is 806.